The van der Waals surface area contributed by atoms with Gasteiger partial charge in [0.15, 0.2) is 0 Å². The number of aromatic nitrogens is 4. The van der Waals surface area contributed by atoms with Gasteiger partial charge in [0.1, 0.15) is 12.0 Å². The molecule has 1 fully saturated rings. The molecule has 4 rings (SSSR count). The zero-order chi connectivity index (χ0) is 18.8. The lowest BCUT2D eigenvalue weighted by molar-refractivity contribution is 0.0932. The number of hydrogen-bond acceptors (Lipinski definition) is 5. The monoisotopic (exact) mass is 364 g/mol. The molecule has 0 bridgehead atoms. The van der Waals surface area contributed by atoms with Crippen LogP contribution in [0.15, 0.2) is 42.7 Å². The Morgan fingerprint density at radius 3 is 2.89 bits per heavy atom. The molecule has 27 heavy (non-hydrogen) atoms. The van der Waals surface area contributed by atoms with E-state index in [4.69, 9.17) is 0 Å². The summed E-state index contributed by atoms with van der Waals surface area (Å²) in [6, 6.07) is 12.4. The standard InChI is InChI=1S/C20H24N6O/c1-14(2)18-10-17(24-20-21-13-22-26(18)20)19(27)23-16-8-9-25(12-16)11-15-6-4-3-5-7-15/h3-7,10,13-14,16H,8-9,11-12H2,1-2H3,(H,23,27)/t16-/m0/s1. The van der Waals surface area contributed by atoms with E-state index in [0.717, 1.165) is 31.7 Å². The molecule has 1 N–H and O–H groups in total. The molecule has 1 aliphatic heterocycles. The van der Waals surface area contributed by atoms with Gasteiger partial charge in [-0.1, -0.05) is 44.2 Å². The maximum atomic E-state index is 12.8. The summed E-state index contributed by atoms with van der Waals surface area (Å²) < 4.78 is 1.69. The van der Waals surface area contributed by atoms with Crippen LogP contribution < -0.4 is 5.32 Å². The van der Waals surface area contributed by atoms with Crippen molar-refractivity contribution in [1.29, 1.82) is 0 Å². The highest BCUT2D eigenvalue weighted by molar-refractivity contribution is 5.93. The predicted octanol–water partition coefficient (Wildman–Crippen LogP) is 2.25. The van der Waals surface area contributed by atoms with Gasteiger partial charge in [0.25, 0.3) is 11.7 Å². The minimum atomic E-state index is -0.144. The van der Waals surface area contributed by atoms with Crippen molar-refractivity contribution in [1.82, 2.24) is 29.8 Å². The first-order valence-electron chi connectivity index (χ1n) is 9.38. The van der Waals surface area contributed by atoms with Crippen molar-refractivity contribution in [2.45, 2.75) is 38.8 Å². The lowest BCUT2D eigenvalue weighted by Crippen LogP contribution is -2.37. The van der Waals surface area contributed by atoms with Crippen molar-refractivity contribution in [3.8, 4) is 0 Å². The fourth-order valence-corrected chi connectivity index (χ4v) is 3.56. The van der Waals surface area contributed by atoms with E-state index < -0.39 is 0 Å². The lowest BCUT2D eigenvalue weighted by Gasteiger charge is -2.17. The molecule has 0 aliphatic carbocycles. The molecule has 2 aromatic heterocycles. The Labute approximate surface area is 158 Å². The van der Waals surface area contributed by atoms with E-state index in [1.54, 1.807) is 4.52 Å². The summed E-state index contributed by atoms with van der Waals surface area (Å²) in [7, 11) is 0. The lowest BCUT2D eigenvalue weighted by atomic mass is 10.1. The molecule has 1 saturated heterocycles. The molecule has 3 heterocycles. The van der Waals surface area contributed by atoms with Crippen molar-refractivity contribution in [3.63, 3.8) is 0 Å². The van der Waals surface area contributed by atoms with Gasteiger partial charge in [0, 0.05) is 25.7 Å². The van der Waals surface area contributed by atoms with Gasteiger partial charge in [0.05, 0.1) is 5.69 Å². The SMILES string of the molecule is CC(C)c1cc(C(=O)N[C@H]2CCN(Cc3ccccc3)C2)nc2ncnn12. The molecule has 1 aliphatic rings. The van der Waals surface area contributed by atoms with Crippen LogP contribution in [0.3, 0.4) is 0 Å². The molecule has 1 aromatic carbocycles. The van der Waals surface area contributed by atoms with E-state index >= 15 is 0 Å². The van der Waals surface area contributed by atoms with Crippen LogP contribution in [0.5, 0.6) is 0 Å². The first-order chi connectivity index (χ1) is 13.1. The number of amides is 1. The average Bonchev–Trinajstić information content (AvgIpc) is 3.30. The van der Waals surface area contributed by atoms with Crippen molar-refractivity contribution >= 4 is 11.7 Å². The average molecular weight is 364 g/mol. The van der Waals surface area contributed by atoms with Crippen molar-refractivity contribution in [2.75, 3.05) is 13.1 Å². The number of carbonyl (C=O) groups excluding carboxylic acids is 1. The molecular formula is C20H24N6O. The molecule has 3 aromatic rings. The fraction of sp³-hybridized carbons (Fsp3) is 0.400. The Morgan fingerprint density at radius 2 is 2.11 bits per heavy atom. The zero-order valence-electron chi connectivity index (χ0n) is 15.7. The predicted molar refractivity (Wildman–Crippen MR) is 102 cm³/mol. The van der Waals surface area contributed by atoms with E-state index in [0.29, 0.717) is 11.5 Å². The van der Waals surface area contributed by atoms with E-state index in [9.17, 15) is 4.79 Å². The van der Waals surface area contributed by atoms with E-state index in [-0.39, 0.29) is 17.9 Å². The first kappa shape index (κ1) is 17.6. The highest BCUT2D eigenvalue weighted by atomic mass is 16.2. The summed E-state index contributed by atoms with van der Waals surface area (Å²) in [6.07, 6.45) is 2.41. The Morgan fingerprint density at radius 1 is 1.30 bits per heavy atom. The van der Waals surface area contributed by atoms with Gasteiger partial charge in [0.2, 0.25) is 0 Å². The van der Waals surface area contributed by atoms with Gasteiger partial charge in [-0.05, 0) is 24.0 Å². The summed E-state index contributed by atoms with van der Waals surface area (Å²) in [4.78, 5) is 23.6. The number of nitrogens with one attached hydrogen (secondary N) is 1. The van der Waals surface area contributed by atoms with Gasteiger partial charge in [-0.15, -0.1) is 0 Å². The Hall–Kier alpha value is -2.80. The van der Waals surface area contributed by atoms with Crippen LogP contribution in [0.2, 0.25) is 0 Å². The number of likely N-dealkylation sites (tertiary alicyclic amines) is 1. The summed E-state index contributed by atoms with van der Waals surface area (Å²) in [5, 5.41) is 7.33. The van der Waals surface area contributed by atoms with Gasteiger partial charge in [-0.25, -0.2) is 9.50 Å². The van der Waals surface area contributed by atoms with Crippen molar-refractivity contribution < 1.29 is 4.79 Å². The molecule has 0 radical (unpaired) electrons. The quantitative estimate of drug-likeness (QED) is 0.752. The second-order valence-corrected chi connectivity index (χ2v) is 7.37. The highest BCUT2D eigenvalue weighted by Gasteiger charge is 2.25. The Bertz CT molecular complexity index is 936. The molecule has 7 heteroatoms. The molecular weight excluding hydrogens is 340 g/mol. The summed E-state index contributed by atoms with van der Waals surface area (Å²) in [6.45, 7) is 6.88. The van der Waals surface area contributed by atoms with E-state index in [1.165, 1.54) is 11.9 Å². The summed E-state index contributed by atoms with van der Waals surface area (Å²) >= 11 is 0. The molecule has 0 unspecified atom stereocenters. The second-order valence-electron chi connectivity index (χ2n) is 7.37. The van der Waals surface area contributed by atoms with Gasteiger partial charge in [-0.3, -0.25) is 9.69 Å². The largest absolute Gasteiger partial charge is 0.347 e. The van der Waals surface area contributed by atoms with Crippen LogP contribution in [-0.4, -0.2) is 49.5 Å². The third-order valence-electron chi connectivity index (χ3n) is 4.96. The fourth-order valence-electron chi connectivity index (χ4n) is 3.56. The van der Waals surface area contributed by atoms with Crippen LogP contribution in [0.25, 0.3) is 5.78 Å². The highest BCUT2D eigenvalue weighted by Crippen LogP contribution is 2.17. The van der Waals surface area contributed by atoms with Crippen molar-refractivity contribution in [3.05, 3.63) is 59.7 Å². The van der Waals surface area contributed by atoms with Gasteiger partial charge < -0.3 is 5.32 Å². The first-order valence-corrected chi connectivity index (χ1v) is 9.38. The molecule has 0 spiro atoms. The van der Waals surface area contributed by atoms with Gasteiger partial charge >= 0.3 is 0 Å². The topological polar surface area (TPSA) is 75.4 Å². The number of nitrogens with zero attached hydrogens (tertiary/aromatic N) is 5. The minimum Gasteiger partial charge on any atom is -0.347 e. The number of fused-ring (bicyclic) bond motifs is 1. The van der Waals surface area contributed by atoms with E-state index in [2.05, 4.69) is 63.4 Å². The van der Waals surface area contributed by atoms with Gasteiger partial charge in [-0.2, -0.15) is 10.1 Å². The van der Waals surface area contributed by atoms with Crippen LogP contribution in [-0.2, 0) is 6.54 Å². The third-order valence-corrected chi connectivity index (χ3v) is 4.96. The smallest absolute Gasteiger partial charge is 0.270 e. The Balaban J connectivity index is 1.43. The van der Waals surface area contributed by atoms with E-state index in [1.807, 2.05) is 12.1 Å². The van der Waals surface area contributed by atoms with Crippen LogP contribution >= 0.6 is 0 Å². The third kappa shape index (κ3) is 3.83. The number of benzene rings is 1. The maximum absolute atomic E-state index is 12.8. The second kappa shape index (κ2) is 7.44. The van der Waals surface area contributed by atoms with Crippen molar-refractivity contribution in [2.24, 2.45) is 0 Å². The molecule has 1 amide bonds. The Kier molecular flexibility index (Phi) is 4.85. The molecule has 7 nitrogen and oxygen atoms in total. The number of rotatable bonds is 5. The van der Waals surface area contributed by atoms with Crippen LogP contribution in [0.1, 0.15) is 47.9 Å². The van der Waals surface area contributed by atoms with Crippen LogP contribution in [0.4, 0.5) is 0 Å². The number of carbonyl (C=O) groups is 1. The maximum Gasteiger partial charge on any atom is 0.270 e. The zero-order valence-corrected chi connectivity index (χ0v) is 15.7. The normalized spacial score (nSPS) is 17.7. The summed E-state index contributed by atoms with van der Waals surface area (Å²) in [5.74, 6) is 0.536. The number of hydrogen-bond donors (Lipinski definition) is 1. The summed E-state index contributed by atoms with van der Waals surface area (Å²) in [5.41, 5.74) is 2.63. The molecule has 0 saturated carbocycles. The van der Waals surface area contributed by atoms with Crippen LogP contribution in [0, 0.1) is 0 Å². The molecule has 140 valence electrons. The molecule has 1 atom stereocenters. The minimum absolute atomic E-state index is 0.139.